The van der Waals surface area contributed by atoms with Crippen molar-refractivity contribution in [3.8, 4) is 11.4 Å². The number of aliphatic hydroxyl groups is 1. The molecule has 0 radical (unpaired) electrons. The first-order valence-corrected chi connectivity index (χ1v) is 27.0. The molecule has 79 heavy (non-hydrogen) atoms. The average Bonchev–Trinajstić information content (AvgIpc) is 4.14. The van der Waals surface area contributed by atoms with Crippen molar-refractivity contribution in [3.05, 3.63) is 110 Å². The Kier molecular flexibility index (Phi) is 17.4. The molecule has 2 fully saturated rings. The Labute approximate surface area is 455 Å². The van der Waals surface area contributed by atoms with Crippen LogP contribution in [-0.4, -0.2) is 130 Å². The van der Waals surface area contributed by atoms with Crippen LogP contribution in [0.2, 0.25) is 0 Å². The number of hydrogen-bond donors (Lipinski definition) is 6. The number of rotatable bonds is 21. The van der Waals surface area contributed by atoms with Crippen molar-refractivity contribution in [1.82, 2.24) is 45.9 Å². The third-order valence-electron chi connectivity index (χ3n) is 16.0. The maximum absolute atomic E-state index is 15.1. The van der Waals surface area contributed by atoms with Gasteiger partial charge in [0.1, 0.15) is 25.2 Å². The Morgan fingerprint density at radius 3 is 2.27 bits per heavy atom. The van der Waals surface area contributed by atoms with Gasteiger partial charge in [-0.05, 0) is 112 Å². The number of carbonyl (C=O) groups excluding carboxylic acids is 8. The lowest BCUT2D eigenvalue weighted by Crippen LogP contribution is -2.52. The highest BCUT2D eigenvalue weighted by molar-refractivity contribution is 6.12. The van der Waals surface area contributed by atoms with Crippen LogP contribution in [0.3, 0.4) is 0 Å². The molecule has 0 spiro atoms. The quantitative estimate of drug-likeness (QED) is 0.0266. The Morgan fingerprint density at radius 1 is 0.848 bits per heavy atom. The Morgan fingerprint density at radius 2 is 1.54 bits per heavy atom. The SMILES string of the molecule is CCC1(O)C(=O)OCc2c1cc1n(c2=O)Cc2c-1nc1cc(F)c(C)cc1c2CN1CCC(CCOCNC(=O)CNC(=O)[C@H](Cc2ccccc2)NC(=O)CNC(=O)CNC(=O)C2CCC(CN3C(=O)C=CC3=O)CC2)CC1. The van der Waals surface area contributed by atoms with Crippen molar-refractivity contribution in [2.75, 3.05) is 52.6 Å². The third kappa shape index (κ3) is 12.8. The molecule has 22 heteroatoms. The number of halogens is 1. The van der Waals surface area contributed by atoms with E-state index in [0.29, 0.717) is 73.8 Å². The molecule has 1 saturated heterocycles. The molecule has 9 rings (SSSR count). The van der Waals surface area contributed by atoms with Gasteiger partial charge in [0.05, 0.1) is 48.6 Å². The van der Waals surface area contributed by atoms with E-state index in [1.165, 1.54) is 23.1 Å². The number of cyclic esters (lactones) is 1. The zero-order valence-corrected chi connectivity index (χ0v) is 44.3. The van der Waals surface area contributed by atoms with Gasteiger partial charge >= 0.3 is 5.97 Å². The second-order valence-electron chi connectivity index (χ2n) is 21.2. The Balaban J connectivity index is 0.692. The van der Waals surface area contributed by atoms with E-state index in [2.05, 4.69) is 31.5 Å². The number of amides is 7. The average molecular weight is 1090 g/mol. The number of benzene rings is 2. The van der Waals surface area contributed by atoms with Crippen molar-refractivity contribution < 1.29 is 57.3 Å². The predicted molar refractivity (Wildman–Crippen MR) is 283 cm³/mol. The summed E-state index contributed by atoms with van der Waals surface area (Å²) in [7, 11) is 0. The number of ether oxygens (including phenoxy) is 2. The summed E-state index contributed by atoms with van der Waals surface area (Å²) in [4.78, 5) is 124. The molecule has 4 aliphatic heterocycles. The number of carbonyl (C=O) groups is 8. The topological polar surface area (TPSA) is 277 Å². The molecular weight excluding hydrogens is 1020 g/mol. The molecular formula is C57H66FN9O12. The molecule has 1 unspecified atom stereocenters. The van der Waals surface area contributed by atoms with Crippen LogP contribution in [0.5, 0.6) is 0 Å². The predicted octanol–water partition coefficient (Wildman–Crippen LogP) is 2.03. The van der Waals surface area contributed by atoms with Crippen molar-refractivity contribution in [3.63, 3.8) is 0 Å². The molecule has 1 aliphatic carbocycles. The van der Waals surface area contributed by atoms with Crippen LogP contribution in [-0.2, 0) is 79.5 Å². The summed E-state index contributed by atoms with van der Waals surface area (Å²) >= 11 is 0. The van der Waals surface area contributed by atoms with Gasteiger partial charge < -0.3 is 45.7 Å². The molecule has 0 bridgehead atoms. The molecule has 7 amide bonds. The minimum Gasteiger partial charge on any atom is -0.458 e. The van der Waals surface area contributed by atoms with E-state index in [4.69, 9.17) is 14.5 Å². The summed E-state index contributed by atoms with van der Waals surface area (Å²) in [5.41, 5.74) is 2.51. The van der Waals surface area contributed by atoms with E-state index >= 15 is 4.39 Å². The van der Waals surface area contributed by atoms with E-state index in [1.54, 1.807) is 54.8 Å². The summed E-state index contributed by atoms with van der Waals surface area (Å²) in [6.45, 7) is 4.79. The maximum Gasteiger partial charge on any atom is 0.343 e. The summed E-state index contributed by atoms with van der Waals surface area (Å²) in [5.74, 6) is -4.45. The minimum atomic E-state index is -1.97. The summed E-state index contributed by atoms with van der Waals surface area (Å²) in [5, 5.41) is 25.1. The third-order valence-corrected chi connectivity index (χ3v) is 16.0. The van der Waals surface area contributed by atoms with Crippen LogP contribution in [0.1, 0.15) is 91.7 Å². The highest BCUT2D eigenvalue weighted by atomic mass is 19.1. The van der Waals surface area contributed by atoms with Gasteiger partial charge in [0.25, 0.3) is 17.4 Å². The first kappa shape index (κ1) is 56.0. The second kappa shape index (κ2) is 24.5. The largest absolute Gasteiger partial charge is 0.458 e. The summed E-state index contributed by atoms with van der Waals surface area (Å²) in [6.07, 6.45) is 7.50. The van der Waals surface area contributed by atoms with Crippen molar-refractivity contribution in [1.29, 1.82) is 0 Å². The van der Waals surface area contributed by atoms with Gasteiger partial charge in [-0.25, -0.2) is 14.2 Å². The molecule has 21 nitrogen and oxygen atoms in total. The first-order chi connectivity index (χ1) is 38.0. The summed E-state index contributed by atoms with van der Waals surface area (Å²) < 4.78 is 27.7. The monoisotopic (exact) mass is 1090 g/mol. The Hall–Kier alpha value is -7.69. The molecule has 4 aromatic rings. The number of imide groups is 1. The first-order valence-electron chi connectivity index (χ1n) is 27.0. The van der Waals surface area contributed by atoms with Crippen LogP contribution in [0, 0.1) is 30.5 Å². The maximum atomic E-state index is 15.1. The zero-order valence-electron chi connectivity index (χ0n) is 44.3. The Bertz CT molecular complexity index is 3130. The molecule has 6 N–H and O–H groups in total. The lowest BCUT2D eigenvalue weighted by atomic mass is 9.81. The van der Waals surface area contributed by atoms with Gasteiger partial charge in [-0.15, -0.1) is 0 Å². The van der Waals surface area contributed by atoms with E-state index in [9.17, 15) is 48.3 Å². The normalized spacial score (nSPS) is 20.3. The molecule has 2 aromatic carbocycles. The zero-order chi connectivity index (χ0) is 56.0. The lowest BCUT2D eigenvalue weighted by Gasteiger charge is -2.32. The van der Waals surface area contributed by atoms with Gasteiger partial charge in [0.2, 0.25) is 29.5 Å². The number of aryl methyl sites for hydroxylation is 1. The highest BCUT2D eigenvalue weighted by Crippen LogP contribution is 2.41. The van der Waals surface area contributed by atoms with Crippen LogP contribution in [0.25, 0.3) is 22.3 Å². The number of piperidine rings is 1. The van der Waals surface area contributed by atoms with Gasteiger partial charge in [-0.3, -0.25) is 48.2 Å². The number of fused-ring (bicyclic) bond motifs is 5. The van der Waals surface area contributed by atoms with Crippen molar-refractivity contribution in [2.24, 2.45) is 17.8 Å². The molecule has 5 aliphatic rings. The number of likely N-dealkylation sites (tertiary alicyclic amines) is 1. The van der Waals surface area contributed by atoms with Crippen LogP contribution in [0.4, 0.5) is 4.39 Å². The number of aromatic nitrogens is 2. The van der Waals surface area contributed by atoms with Crippen molar-refractivity contribution >= 4 is 58.2 Å². The van der Waals surface area contributed by atoms with Gasteiger partial charge in [-0.1, -0.05) is 37.3 Å². The molecule has 6 heterocycles. The lowest BCUT2D eigenvalue weighted by molar-refractivity contribution is -0.172. The minimum absolute atomic E-state index is 0.0140. The molecule has 1 saturated carbocycles. The fourth-order valence-electron chi connectivity index (χ4n) is 11.3. The molecule has 418 valence electrons. The van der Waals surface area contributed by atoms with E-state index in [0.717, 1.165) is 54.4 Å². The fraction of sp³-hybridized carbons (Fsp3) is 0.474. The van der Waals surface area contributed by atoms with Gasteiger partial charge in [0, 0.05) is 66.8 Å². The smallest absolute Gasteiger partial charge is 0.343 e. The number of nitrogens with one attached hydrogen (secondary N) is 5. The van der Waals surface area contributed by atoms with E-state index < -0.39 is 53.6 Å². The molecule has 2 atom stereocenters. The fourth-order valence-corrected chi connectivity index (χ4v) is 11.3. The number of nitrogens with zero attached hydrogens (tertiary/aromatic N) is 4. The van der Waals surface area contributed by atoms with Gasteiger partial charge in [0.15, 0.2) is 5.60 Å². The van der Waals surface area contributed by atoms with E-state index in [-0.39, 0.29) is 92.1 Å². The van der Waals surface area contributed by atoms with Crippen molar-refractivity contribution in [2.45, 2.75) is 103 Å². The number of esters is 1. The van der Waals surface area contributed by atoms with Crippen LogP contribution >= 0.6 is 0 Å². The standard InChI is InChI=1S/C57H66FN9O12/c1-3-57(77)42-23-46-52-40(30-66(46)55(75)41(42)31-79-56(57)76)39(38-21-33(2)43(58)24-44(38)64-52)29-65-18-15-34(16-19-65)17-20-78-32-62-48(69)26-61-54(74)45(22-35-7-5-4-6-8-35)63-49(70)27-59-47(68)25-60-53(73)37-11-9-36(10-12-37)28-67-50(71)13-14-51(67)72/h4-8,13-14,21,23-24,34,36-37,45,77H,3,9-12,15-20,22,25-32H2,1-2H3,(H,59,68)(H,60,73)(H,61,74)(H,62,69)(H,63,70)/t36?,37?,45-,57?/m0/s1. The van der Waals surface area contributed by atoms with Gasteiger partial charge in [-0.2, -0.15) is 0 Å². The van der Waals surface area contributed by atoms with E-state index in [1.807, 2.05) is 6.07 Å². The highest BCUT2D eigenvalue weighted by Gasteiger charge is 2.46. The number of pyridine rings is 2. The number of hydrogen-bond acceptors (Lipinski definition) is 14. The molecule has 2 aromatic heterocycles. The second-order valence-corrected chi connectivity index (χ2v) is 21.2. The summed E-state index contributed by atoms with van der Waals surface area (Å²) in [6, 6.07) is 12.7. The van der Waals surface area contributed by atoms with Crippen LogP contribution in [0.15, 0.2) is 65.5 Å². The van der Waals surface area contributed by atoms with Crippen LogP contribution < -0.4 is 32.1 Å².